The molecule has 1 heterocycles. The van der Waals surface area contributed by atoms with E-state index in [1.807, 2.05) is 18.2 Å². The molecular formula is C14H17Cl2N3S. The van der Waals surface area contributed by atoms with Crippen molar-refractivity contribution in [1.29, 1.82) is 0 Å². The lowest BCUT2D eigenvalue weighted by molar-refractivity contribution is 0.637. The molecule has 20 heavy (non-hydrogen) atoms. The largest absolute Gasteiger partial charge is 0.317 e. The second kappa shape index (κ2) is 7.93. The number of rotatable bonds is 7. The molecule has 0 fully saturated rings. The number of hydrogen-bond acceptors (Lipinski definition) is 4. The van der Waals surface area contributed by atoms with Gasteiger partial charge in [0.15, 0.2) is 5.01 Å². The van der Waals surface area contributed by atoms with Gasteiger partial charge in [0.05, 0.1) is 10.0 Å². The molecule has 0 aliphatic carbocycles. The fraction of sp³-hybridized carbons (Fsp3) is 0.429. The molecule has 0 spiro atoms. The molecule has 2 rings (SSSR count). The lowest BCUT2D eigenvalue weighted by Crippen LogP contribution is -2.16. The summed E-state index contributed by atoms with van der Waals surface area (Å²) in [7, 11) is 0. The van der Waals surface area contributed by atoms with Gasteiger partial charge in [-0.05, 0) is 38.1 Å². The first kappa shape index (κ1) is 15.7. The molecule has 1 aromatic carbocycles. The zero-order valence-electron chi connectivity index (χ0n) is 11.3. The average Bonchev–Trinajstić information content (AvgIpc) is 2.87. The Balaban J connectivity index is 1.98. The summed E-state index contributed by atoms with van der Waals surface area (Å²) in [6.45, 7) is 4.24. The predicted octanol–water partition coefficient (Wildman–Crippen LogP) is 4.44. The molecule has 1 N–H and O–H groups in total. The van der Waals surface area contributed by atoms with Crippen LogP contribution in [0.5, 0.6) is 0 Å². The molecule has 0 radical (unpaired) electrons. The summed E-state index contributed by atoms with van der Waals surface area (Å²) in [5.41, 5.74) is 0.781. The normalized spacial score (nSPS) is 10.9. The second-order valence-electron chi connectivity index (χ2n) is 4.45. The van der Waals surface area contributed by atoms with E-state index in [1.54, 1.807) is 11.3 Å². The number of nitrogens with one attached hydrogen (secondary N) is 1. The minimum atomic E-state index is 0.616. The van der Waals surface area contributed by atoms with Crippen molar-refractivity contribution in [3.8, 4) is 10.6 Å². The molecule has 1 aromatic heterocycles. The van der Waals surface area contributed by atoms with Gasteiger partial charge >= 0.3 is 0 Å². The van der Waals surface area contributed by atoms with E-state index >= 15 is 0 Å². The van der Waals surface area contributed by atoms with Gasteiger partial charge in [-0.2, -0.15) is 0 Å². The van der Waals surface area contributed by atoms with E-state index in [4.69, 9.17) is 23.2 Å². The molecule has 0 saturated carbocycles. The van der Waals surface area contributed by atoms with Gasteiger partial charge in [-0.1, -0.05) is 47.5 Å². The number of nitrogens with zero attached hydrogens (tertiary/aromatic N) is 2. The van der Waals surface area contributed by atoms with E-state index < -0.39 is 0 Å². The van der Waals surface area contributed by atoms with E-state index in [2.05, 4.69) is 22.4 Å². The Bertz CT molecular complexity index is 537. The first-order chi connectivity index (χ1) is 9.72. The van der Waals surface area contributed by atoms with E-state index in [0.717, 1.165) is 47.9 Å². The summed E-state index contributed by atoms with van der Waals surface area (Å²) >= 11 is 13.9. The smallest absolute Gasteiger partial charge is 0.150 e. The Morgan fingerprint density at radius 1 is 1.15 bits per heavy atom. The number of halogens is 2. The summed E-state index contributed by atoms with van der Waals surface area (Å²) < 4.78 is 0. The second-order valence-corrected chi connectivity index (χ2v) is 6.33. The molecular weight excluding hydrogens is 313 g/mol. The summed E-state index contributed by atoms with van der Waals surface area (Å²) in [5, 5.41) is 14.8. The van der Waals surface area contributed by atoms with E-state index in [-0.39, 0.29) is 0 Å². The van der Waals surface area contributed by atoms with Crippen molar-refractivity contribution >= 4 is 34.5 Å². The third-order valence-corrected chi connectivity index (χ3v) is 4.44. The van der Waals surface area contributed by atoms with Gasteiger partial charge in [0.2, 0.25) is 0 Å². The van der Waals surface area contributed by atoms with Crippen LogP contribution in [0.2, 0.25) is 10.0 Å². The van der Waals surface area contributed by atoms with Crippen molar-refractivity contribution in [2.24, 2.45) is 0 Å². The maximum Gasteiger partial charge on any atom is 0.150 e. The van der Waals surface area contributed by atoms with Crippen molar-refractivity contribution in [2.75, 3.05) is 13.1 Å². The molecule has 0 aliphatic heterocycles. The maximum absolute atomic E-state index is 6.18. The first-order valence-electron chi connectivity index (χ1n) is 6.70. The Kier molecular flexibility index (Phi) is 6.23. The topological polar surface area (TPSA) is 37.8 Å². The Morgan fingerprint density at radius 2 is 1.90 bits per heavy atom. The highest BCUT2D eigenvalue weighted by molar-refractivity contribution is 7.14. The molecule has 0 amide bonds. The highest BCUT2D eigenvalue weighted by Crippen LogP contribution is 2.36. The number of hydrogen-bond donors (Lipinski definition) is 1. The third-order valence-electron chi connectivity index (χ3n) is 2.81. The monoisotopic (exact) mass is 329 g/mol. The summed E-state index contributed by atoms with van der Waals surface area (Å²) in [6, 6.07) is 5.46. The van der Waals surface area contributed by atoms with Crippen LogP contribution in [-0.4, -0.2) is 23.3 Å². The number of aromatic nitrogens is 2. The van der Waals surface area contributed by atoms with E-state index in [9.17, 15) is 0 Å². The summed E-state index contributed by atoms with van der Waals surface area (Å²) in [5.74, 6) is 0. The zero-order valence-corrected chi connectivity index (χ0v) is 13.7. The standard InChI is InChI=1S/C14H17Cl2N3S/c1-2-8-17-9-4-7-12-18-19-14(20-12)13-10(15)5-3-6-11(13)16/h3,5-6,17H,2,4,7-9H2,1H3. The van der Waals surface area contributed by atoms with Crippen LogP contribution in [0.4, 0.5) is 0 Å². The summed E-state index contributed by atoms with van der Waals surface area (Å²) in [4.78, 5) is 0. The average molecular weight is 330 g/mol. The first-order valence-corrected chi connectivity index (χ1v) is 8.27. The van der Waals surface area contributed by atoms with Crippen LogP contribution in [-0.2, 0) is 6.42 Å². The van der Waals surface area contributed by atoms with Gasteiger partial charge in [0.1, 0.15) is 5.01 Å². The lowest BCUT2D eigenvalue weighted by Gasteiger charge is -2.01. The van der Waals surface area contributed by atoms with Gasteiger partial charge in [-0.25, -0.2) is 0 Å². The molecule has 3 nitrogen and oxygen atoms in total. The maximum atomic E-state index is 6.18. The molecule has 0 saturated heterocycles. The molecule has 0 atom stereocenters. The predicted molar refractivity (Wildman–Crippen MR) is 86.8 cm³/mol. The van der Waals surface area contributed by atoms with E-state index in [0.29, 0.717) is 10.0 Å². The quantitative estimate of drug-likeness (QED) is 0.763. The van der Waals surface area contributed by atoms with Crippen molar-refractivity contribution < 1.29 is 0 Å². The van der Waals surface area contributed by atoms with Crippen molar-refractivity contribution in [3.63, 3.8) is 0 Å². The van der Waals surface area contributed by atoms with Crippen LogP contribution in [0.1, 0.15) is 24.8 Å². The van der Waals surface area contributed by atoms with Crippen LogP contribution in [0.25, 0.3) is 10.6 Å². The SMILES string of the molecule is CCCNCCCc1nnc(-c2c(Cl)cccc2Cl)s1. The van der Waals surface area contributed by atoms with Crippen LogP contribution in [0, 0.1) is 0 Å². The van der Waals surface area contributed by atoms with Gasteiger partial charge < -0.3 is 5.32 Å². The van der Waals surface area contributed by atoms with E-state index in [1.165, 1.54) is 0 Å². The van der Waals surface area contributed by atoms with Crippen molar-refractivity contribution in [2.45, 2.75) is 26.2 Å². The number of benzene rings is 1. The minimum Gasteiger partial charge on any atom is -0.317 e. The van der Waals surface area contributed by atoms with Crippen LogP contribution in [0.15, 0.2) is 18.2 Å². The molecule has 0 aliphatic rings. The lowest BCUT2D eigenvalue weighted by atomic mass is 10.2. The van der Waals surface area contributed by atoms with Crippen molar-refractivity contribution in [3.05, 3.63) is 33.3 Å². The Hall–Kier alpha value is -0.680. The van der Waals surface area contributed by atoms with Crippen LogP contribution >= 0.6 is 34.5 Å². The fourth-order valence-electron chi connectivity index (χ4n) is 1.82. The van der Waals surface area contributed by atoms with Crippen LogP contribution in [0.3, 0.4) is 0 Å². The van der Waals surface area contributed by atoms with Crippen LogP contribution < -0.4 is 5.32 Å². The Labute approximate surface area is 133 Å². The van der Waals surface area contributed by atoms with Crippen molar-refractivity contribution in [1.82, 2.24) is 15.5 Å². The van der Waals surface area contributed by atoms with Gasteiger partial charge in [-0.3, -0.25) is 0 Å². The molecule has 108 valence electrons. The fourth-order valence-corrected chi connectivity index (χ4v) is 3.47. The van der Waals surface area contributed by atoms with Gasteiger partial charge in [0.25, 0.3) is 0 Å². The Morgan fingerprint density at radius 3 is 2.60 bits per heavy atom. The number of aryl methyl sites for hydroxylation is 1. The third kappa shape index (κ3) is 4.16. The van der Waals surface area contributed by atoms with Gasteiger partial charge in [-0.15, -0.1) is 10.2 Å². The van der Waals surface area contributed by atoms with Gasteiger partial charge in [0, 0.05) is 12.0 Å². The molecule has 2 aromatic rings. The summed E-state index contributed by atoms with van der Waals surface area (Å²) in [6.07, 6.45) is 3.15. The highest BCUT2D eigenvalue weighted by Gasteiger charge is 2.13. The molecule has 0 bridgehead atoms. The minimum absolute atomic E-state index is 0.616. The molecule has 6 heteroatoms. The highest BCUT2D eigenvalue weighted by atomic mass is 35.5. The molecule has 0 unspecified atom stereocenters. The zero-order chi connectivity index (χ0) is 14.4.